The molecule has 1 atom stereocenters. The van der Waals surface area contributed by atoms with Crippen molar-refractivity contribution < 1.29 is 14.3 Å². The second-order valence-electron chi connectivity index (χ2n) is 8.99. The third-order valence-electron chi connectivity index (χ3n) is 5.88. The van der Waals surface area contributed by atoms with Gasteiger partial charge in [0.05, 0.1) is 35.2 Å². The van der Waals surface area contributed by atoms with E-state index in [9.17, 15) is 14.3 Å². The number of nitrogens with zero attached hydrogens (tertiary/aromatic N) is 5. The van der Waals surface area contributed by atoms with Gasteiger partial charge < -0.3 is 15.7 Å². The van der Waals surface area contributed by atoms with Gasteiger partial charge in [-0.25, -0.2) is 24.1 Å². The molecule has 180 valence electrons. The molecule has 0 saturated carbocycles. The van der Waals surface area contributed by atoms with Gasteiger partial charge in [0.2, 0.25) is 0 Å². The van der Waals surface area contributed by atoms with Gasteiger partial charge in [-0.1, -0.05) is 12.1 Å². The number of aliphatic hydroxyl groups is 1. The van der Waals surface area contributed by atoms with Crippen LogP contribution in [0.5, 0.6) is 0 Å². The lowest BCUT2D eigenvalue weighted by Crippen LogP contribution is -2.43. The maximum absolute atomic E-state index is 13.3. The van der Waals surface area contributed by atoms with Crippen LogP contribution in [0.3, 0.4) is 0 Å². The van der Waals surface area contributed by atoms with Crippen molar-refractivity contribution in [3.8, 4) is 5.95 Å². The normalized spacial score (nSPS) is 14.4. The number of rotatable bonds is 5. The maximum Gasteiger partial charge on any atom is 0.320 e. The van der Waals surface area contributed by atoms with Crippen LogP contribution in [0.15, 0.2) is 48.9 Å². The van der Waals surface area contributed by atoms with Crippen molar-refractivity contribution in [2.24, 2.45) is 0 Å². The van der Waals surface area contributed by atoms with Crippen LogP contribution in [-0.4, -0.2) is 48.0 Å². The number of fused-ring (bicyclic) bond motifs is 2. The van der Waals surface area contributed by atoms with E-state index in [0.717, 1.165) is 29.6 Å². The fraction of sp³-hybridized carbons (Fsp3) is 0.292. The highest BCUT2D eigenvalue weighted by molar-refractivity contribution is 5.91. The molecule has 0 bridgehead atoms. The van der Waals surface area contributed by atoms with Gasteiger partial charge in [-0.15, -0.1) is 0 Å². The van der Waals surface area contributed by atoms with Gasteiger partial charge in [-0.2, -0.15) is 9.78 Å². The number of anilines is 1. The first-order chi connectivity index (χ1) is 16.8. The third kappa shape index (κ3) is 4.81. The van der Waals surface area contributed by atoms with E-state index in [0.29, 0.717) is 29.4 Å². The summed E-state index contributed by atoms with van der Waals surface area (Å²) in [5.74, 6) is 0.358. The molecule has 0 spiro atoms. The van der Waals surface area contributed by atoms with E-state index in [4.69, 9.17) is 0 Å². The van der Waals surface area contributed by atoms with E-state index in [1.165, 1.54) is 24.3 Å². The first kappa shape index (κ1) is 22.8. The lowest BCUT2D eigenvalue weighted by molar-refractivity contribution is 0.0415. The number of amides is 2. The Labute approximate surface area is 200 Å². The van der Waals surface area contributed by atoms with Crippen molar-refractivity contribution >= 4 is 22.8 Å². The third-order valence-corrected chi connectivity index (χ3v) is 5.88. The summed E-state index contributed by atoms with van der Waals surface area (Å²) in [5.41, 5.74) is 2.05. The van der Waals surface area contributed by atoms with Crippen LogP contribution in [0, 0.1) is 5.82 Å². The Hall–Kier alpha value is -3.96. The predicted octanol–water partition coefficient (Wildman–Crippen LogP) is 2.63. The van der Waals surface area contributed by atoms with Crippen LogP contribution >= 0.6 is 0 Å². The smallest absolute Gasteiger partial charge is 0.320 e. The van der Waals surface area contributed by atoms with Gasteiger partial charge in [-0.05, 0) is 56.1 Å². The number of carbonyl (C=O) groups is 1. The van der Waals surface area contributed by atoms with Crippen molar-refractivity contribution in [2.45, 2.75) is 38.5 Å². The molecule has 1 aliphatic rings. The zero-order chi connectivity index (χ0) is 24.6. The largest absolute Gasteiger partial charge is 0.388 e. The minimum absolute atomic E-state index is 0.304. The first-order valence-electron chi connectivity index (χ1n) is 11.2. The zero-order valence-electron chi connectivity index (χ0n) is 19.3. The molecule has 4 aromatic rings. The Morgan fingerprint density at radius 2 is 2.00 bits per heavy atom. The second-order valence-corrected chi connectivity index (χ2v) is 8.99. The molecule has 0 aliphatic carbocycles. The highest BCUT2D eigenvalue weighted by Crippen LogP contribution is 2.26. The molecule has 10 nitrogen and oxygen atoms in total. The Morgan fingerprint density at radius 3 is 2.77 bits per heavy atom. The molecule has 5 rings (SSSR count). The average molecular weight is 477 g/mol. The van der Waals surface area contributed by atoms with E-state index < -0.39 is 23.5 Å². The van der Waals surface area contributed by atoms with E-state index >= 15 is 0 Å². The maximum atomic E-state index is 13.3. The number of aromatic nitrogens is 5. The first-order valence-corrected chi connectivity index (χ1v) is 11.2. The number of benzene rings is 1. The van der Waals surface area contributed by atoms with Crippen LogP contribution < -0.4 is 16.0 Å². The SMILES string of the molecule is CC(C)(O)C(NC(=O)Nc1cc2cnn(-c3ncc4c(n3)CNCC4)c2cn1)c1ccc(F)cc1. The lowest BCUT2D eigenvalue weighted by atomic mass is 9.92. The van der Waals surface area contributed by atoms with Gasteiger partial charge in [0, 0.05) is 18.1 Å². The highest BCUT2D eigenvalue weighted by Gasteiger charge is 2.30. The van der Waals surface area contributed by atoms with Crippen LogP contribution in [0.2, 0.25) is 0 Å². The van der Waals surface area contributed by atoms with Gasteiger partial charge in [0.1, 0.15) is 11.6 Å². The molecule has 11 heteroatoms. The summed E-state index contributed by atoms with van der Waals surface area (Å²) < 4.78 is 14.9. The highest BCUT2D eigenvalue weighted by atomic mass is 19.1. The Morgan fingerprint density at radius 1 is 1.20 bits per heavy atom. The summed E-state index contributed by atoms with van der Waals surface area (Å²) in [4.78, 5) is 26.1. The predicted molar refractivity (Wildman–Crippen MR) is 127 cm³/mol. The Balaban J connectivity index is 1.34. The zero-order valence-corrected chi connectivity index (χ0v) is 19.3. The number of carbonyl (C=O) groups excluding carboxylic acids is 1. The number of hydrogen-bond acceptors (Lipinski definition) is 7. The number of nitrogens with one attached hydrogen (secondary N) is 3. The standard InChI is InChI=1S/C24H25FN8O2/c1-24(2,35)21(14-3-5-17(25)6-4-14)32-23(34)31-20-9-16-11-29-33(19(16)13-27-20)22-28-10-15-7-8-26-12-18(15)30-22/h3-6,9-11,13,21,26,35H,7-8,12H2,1-2H3,(H2,27,31,32,34). The molecule has 0 saturated heterocycles. The van der Waals surface area contributed by atoms with E-state index in [2.05, 4.69) is 36.0 Å². The Kier molecular flexibility index (Phi) is 5.87. The molecule has 4 heterocycles. The molecule has 1 aromatic carbocycles. The molecule has 3 aromatic heterocycles. The van der Waals surface area contributed by atoms with Crippen LogP contribution in [0.4, 0.5) is 15.0 Å². The number of urea groups is 1. The summed E-state index contributed by atoms with van der Waals surface area (Å²) in [5, 5.41) is 24.4. The topological polar surface area (TPSA) is 130 Å². The van der Waals surface area contributed by atoms with Crippen LogP contribution in [0.25, 0.3) is 16.9 Å². The summed E-state index contributed by atoms with van der Waals surface area (Å²) >= 11 is 0. The van der Waals surface area contributed by atoms with Crippen molar-refractivity contribution in [1.82, 2.24) is 35.4 Å². The van der Waals surface area contributed by atoms with Crippen molar-refractivity contribution in [3.05, 3.63) is 71.6 Å². The quantitative estimate of drug-likeness (QED) is 0.348. The van der Waals surface area contributed by atoms with Crippen LogP contribution in [0.1, 0.15) is 36.7 Å². The fourth-order valence-corrected chi connectivity index (χ4v) is 4.09. The molecular weight excluding hydrogens is 451 g/mol. The minimum atomic E-state index is -1.29. The van der Waals surface area contributed by atoms with E-state index in [1.54, 1.807) is 37.0 Å². The monoisotopic (exact) mass is 476 g/mol. The van der Waals surface area contributed by atoms with Gasteiger partial charge in [0.15, 0.2) is 0 Å². The lowest BCUT2D eigenvalue weighted by Gasteiger charge is -2.30. The van der Waals surface area contributed by atoms with Crippen LogP contribution in [-0.2, 0) is 13.0 Å². The van der Waals surface area contributed by atoms with E-state index in [-0.39, 0.29) is 0 Å². The van der Waals surface area contributed by atoms with Crippen molar-refractivity contribution in [3.63, 3.8) is 0 Å². The Bertz CT molecular complexity index is 1380. The fourth-order valence-electron chi connectivity index (χ4n) is 4.09. The molecule has 4 N–H and O–H groups in total. The number of hydrogen-bond donors (Lipinski definition) is 4. The van der Waals surface area contributed by atoms with Gasteiger partial charge >= 0.3 is 6.03 Å². The second kappa shape index (κ2) is 9.01. The van der Waals surface area contributed by atoms with Crippen molar-refractivity contribution in [2.75, 3.05) is 11.9 Å². The molecule has 2 amide bonds. The minimum Gasteiger partial charge on any atom is -0.388 e. The summed E-state index contributed by atoms with van der Waals surface area (Å²) in [6.45, 7) is 4.74. The molecule has 0 radical (unpaired) electrons. The molecule has 1 aliphatic heterocycles. The molecule has 0 fully saturated rings. The molecule has 35 heavy (non-hydrogen) atoms. The summed E-state index contributed by atoms with van der Waals surface area (Å²) in [6.07, 6.45) is 5.97. The number of pyridine rings is 1. The van der Waals surface area contributed by atoms with Gasteiger partial charge in [0.25, 0.3) is 5.95 Å². The molecular formula is C24H25FN8O2. The summed E-state index contributed by atoms with van der Waals surface area (Å²) in [6, 6.07) is 5.96. The van der Waals surface area contributed by atoms with Crippen molar-refractivity contribution in [1.29, 1.82) is 0 Å². The average Bonchev–Trinajstić information content (AvgIpc) is 3.25. The van der Waals surface area contributed by atoms with Gasteiger partial charge in [-0.3, -0.25) is 5.32 Å². The number of halogens is 1. The van der Waals surface area contributed by atoms with E-state index in [1.807, 2.05) is 6.20 Å². The molecule has 1 unspecified atom stereocenters. The summed E-state index contributed by atoms with van der Waals surface area (Å²) in [7, 11) is 0.